The molecule has 0 spiro atoms. The number of piperidine rings is 1. The van der Waals surface area contributed by atoms with Crippen LogP contribution in [0.25, 0.3) is 0 Å². The first-order chi connectivity index (χ1) is 15.2. The highest BCUT2D eigenvalue weighted by atomic mass is 32.1. The molecule has 0 bridgehead atoms. The molecule has 6 heteroatoms. The number of thiazole rings is 1. The van der Waals surface area contributed by atoms with Crippen LogP contribution in [0.3, 0.4) is 0 Å². The molecular formula is C25H28N2O3S. The largest absolute Gasteiger partial charge is 0.461 e. The highest BCUT2D eigenvalue weighted by molar-refractivity contribution is 7.11. The Labute approximate surface area is 187 Å². The van der Waals surface area contributed by atoms with Crippen molar-refractivity contribution in [2.45, 2.75) is 38.5 Å². The fraction of sp³-hybridized carbons (Fsp3) is 0.360. The lowest BCUT2D eigenvalue weighted by atomic mass is 10.00. The Morgan fingerprint density at radius 3 is 2.26 bits per heavy atom. The van der Waals surface area contributed by atoms with Crippen LogP contribution in [0, 0.1) is 0 Å². The highest BCUT2D eigenvalue weighted by Gasteiger charge is 2.25. The quantitative estimate of drug-likeness (QED) is 0.460. The maximum absolute atomic E-state index is 11.8. The van der Waals surface area contributed by atoms with Crippen LogP contribution in [-0.2, 0) is 16.0 Å². The topological polar surface area (TPSA) is 51.7 Å². The third-order valence-corrected chi connectivity index (χ3v) is 6.33. The first-order valence-electron chi connectivity index (χ1n) is 10.8. The van der Waals surface area contributed by atoms with Crippen LogP contribution in [0.5, 0.6) is 0 Å². The predicted octanol–water partition coefficient (Wildman–Crippen LogP) is 5.09. The van der Waals surface area contributed by atoms with Crippen molar-refractivity contribution in [2.75, 3.05) is 19.7 Å². The first kappa shape index (κ1) is 21.7. The van der Waals surface area contributed by atoms with Crippen molar-refractivity contribution in [3.8, 4) is 0 Å². The summed E-state index contributed by atoms with van der Waals surface area (Å²) in [7, 11) is 0. The molecule has 0 radical (unpaired) electrons. The van der Waals surface area contributed by atoms with Crippen molar-refractivity contribution in [3.05, 3.63) is 87.9 Å². The molecule has 1 aliphatic rings. The number of carbonyl (C=O) groups excluding carboxylic acids is 1. The summed E-state index contributed by atoms with van der Waals surface area (Å²) < 4.78 is 11.7. The van der Waals surface area contributed by atoms with E-state index in [1.165, 1.54) is 22.5 Å². The maximum atomic E-state index is 11.8. The standard InChI is InChI=1S/C25H28N2O3S/c1-2-29-25(28)24-26-21(18-31-24)17-27-15-13-22(14-16-27)30-23(19-9-5-3-6-10-19)20-11-7-4-8-12-20/h3-12,18,22-23H,2,13-17H2,1H3. The molecule has 0 unspecified atom stereocenters. The SMILES string of the molecule is CCOC(=O)c1nc(CN2CCC(OC(c3ccccc3)c3ccccc3)CC2)cs1. The summed E-state index contributed by atoms with van der Waals surface area (Å²) in [6.45, 7) is 4.83. The van der Waals surface area contributed by atoms with Crippen LogP contribution in [0.1, 0.15) is 52.5 Å². The molecule has 162 valence electrons. The minimum absolute atomic E-state index is 0.0513. The second-order valence-corrected chi connectivity index (χ2v) is 8.54. The van der Waals surface area contributed by atoms with Gasteiger partial charge in [-0.25, -0.2) is 9.78 Å². The van der Waals surface area contributed by atoms with E-state index in [1.54, 1.807) is 6.92 Å². The number of likely N-dealkylation sites (tertiary alicyclic amines) is 1. The zero-order valence-electron chi connectivity index (χ0n) is 17.8. The van der Waals surface area contributed by atoms with E-state index in [0.717, 1.165) is 38.2 Å². The molecule has 0 aliphatic carbocycles. The average Bonchev–Trinajstić information content (AvgIpc) is 3.28. The molecule has 4 rings (SSSR count). The van der Waals surface area contributed by atoms with E-state index in [4.69, 9.17) is 9.47 Å². The van der Waals surface area contributed by atoms with Gasteiger partial charge in [0, 0.05) is 25.0 Å². The lowest BCUT2D eigenvalue weighted by Gasteiger charge is -2.34. The Morgan fingerprint density at radius 1 is 1.06 bits per heavy atom. The van der Waals surface area contributed by atoms with Crippen molar-refractivity contribution in [1.29, 1.82) is 0 Å². The van der Waals surface area contributed by atoms with Crippen LogP contribution >= 0.6 is 11.3 Å². The van der Waals surface area contributed by atoms with E-state index in [0.29, 0.717) is 11.6 Å². The van der Waals surface area contributed by atoms with Gasteiger partial charge >= 0.3 is 5.97 Å². The first-order valence-corrected chi connectivity index (χ1v) is 11.7. The van der Waals surface area contributed by atoms with Crippen LogP contribution in [0.15, 0.2) is 66.0 Å². The Balaban J connectivity index is 1.34. The fourth-order valence-corrected chi connectivity index (χ4v) is 4.60. The molecular weight excluding hydrogens is 408 g/mol. The van der Waals surface area contributed by atoms with Gasteiger partial charge in [0.1, 0.15) is 6.10 Å². The summed E-state index contributed by atoms with van der Waals surface area (Å²) in [6, 6.07) is 20.9. The molecule has 5 nitrogen and oxygen atoms in total. The second kappa shape index (κ2) is 10.7. The molecule has 0 saturated carbocycles. The number of hydrogen-bond acceptors (Lipinski definition) is 6. The summed E-state index contributed by atoms with van der Waals surface area (Å²) in [6.07, 6.45) is 2.12. The molecule has 2 aromatic carbocycles. The molecule has 1 saturated heterocycles. The number of carbonyl (C=O) groups is 1. The number of nitrogens with zero attached hydrogens (tertiary/aromatic N) is 2. The van der Waals surface area contributed by atoms with Crippen molar-refractivity contribution in [1.82, 2.24) is 9.88 Å². The van der Waals surface area contributed by atoms with E-state index in [-0.39, 0.29) is 18.2 Å². The molecule has 31 heavy (non-hydrogen) atoms. The Kier molecular flexibility index (Phi) is 7.46. The van der Waals surface area contributed by atoms with Crippen LogP contribution in [-0.4, -0.2) is 41.7 Å². The van der Waals surface area contributed by atoms with Crippen LogP contribution < -0.4 is 0 Å². The maximum Gasteiger partial charge on any atom is 0.367 e. The van der Waals surface area contributed by atoms with Crippen molar-refractivity contribution < 1.29 is 14.3 Å². The zero-order valence-corrected chi connectivity index (χ0v) is 18.6. The van der Waals surface area contributed by atoms with Gasteiger partial charge in [0.05, 0.1) is 18.4 Å². The van der Waals surface area contributed by atoms with Gasteiger partial charge in [-0.05, 0) is 30.9 Å². The van der Waals surface area contributed by atoms with E-state index in [1.807, 2.05) is 17.5 Å². The van der Waals surface area contributed by atoms with Gasteiger partial charge < -0.3 is 9.47 Å². The third-order valence-electron chi connectivity index (χ3n) is 5.46. The number of hydrogen-bond donors (Lipinski definition) is 0. The third kappa shape index (κ3) is 5.79. The summed E-state index contributed by atoms with van der Waals surface area (Å²) in [5, 5.41) is 2.39. The van der Waals surface area contributed by atoms with Gasteiger partial charge in [-0.1, -0.05) is 60.7 Å². The van der Waals surface area contributed by atoms with Crippen LogP contribution in [0.2, 0.25) is 0 Å². The summed E-state index contributed by atoms with van der Waals surface area (Å²) >= 11 is 1.35. The predicted molar refractivity (Wildman–Crippen MR) is 122 cm³/mol. The summed E-state index contributed by atoms with van der Waals surface area (Å²) in [5.41, 5.74) is 3.30. The van der Waals surface area contributed by atoms with E-state index in [9.17, 15) is 4.79 Å². The van der Waals surface area contributed by atoms with Gasteiger partial charge in [-0.2, -0.15) is 0 Å². The molecule has 2 heterocycles. The molecule has 1 aliphatic heterocycles. The monoisotopic (exact) mass is 436 g/mol. The van der Waals surface area contributed by atoms with E-state index >= 15 is 0 Å². The van der Waals surface area contributed by atoms with E-state index < -0.39 is 0 Å². The minimum atomic E-state index is -0.335. The lowest BCUT2D eigenvalue weighted by molar-refractivity contribution is -0.0282. The van der Waals surface area contributed by atoms with Gasteiger partial charge in [-0.15, -0.1) is 11.3 Å². The zero-order chi connectivity index (χ0) is 21.5. The second-order valence-electron chi connectivity index (χ2n) is 7.68. The molecule has 1 fully saturated rings. The minimum Gasteiger partial charge on any atom is -0.461 e. The molecule has 1 aromatic heterocycles. The molecule has 0 amide bonds. The number of benzene rings is 2. The summed E-state index contributed by atoms with van der Waals surface area (Å²) in [5.74, 6) is -0.335. The smallest absolute Gasteiger partial charge is 0.367 e. The molecule has 0 N–H and O–H groups in total. The van der Waals surface area contributed by atoms with E-state index in [2.05, 4.69) is 58.4 Å². The molecule has 3 aromatic rings. The number of aromatic nitrogens is 1. The van der Waals surface area contributed by atoms with Gasteiger partial charge in [0.25, 0.3) is 0 Å². The summed E-state index contributed by atoms with van der Waals surface area (Å²) in [4.78, 5) is 18.6. The number of esters is 1. The van der Waals surface area contributed by atoms with Gasteiger partial charge in [-0.3, -0.25) is 4.90 Å². The van der Waals surface area contributed by atoms with Gasteiger partial charge in [0.2, 0.25) is 5.01 Å². The van der Waals surface area contributed by atoms with Crippen LogP contribution in [0.4, 0.5) is 0 Å². The molecule has 0 atom stereocenters. The number of rotatable bonds is 8. The number of ether oxygens (including phenoxy) is 2. The average molecular weight is 437 g/mol. The van der Waals surface area contributed by atoms with Crippen molar-refractivity contribution in [2.24, 2.45) is 0 Å². The van der Waals surface area contributed by atoms with Crippen molar-refractivity contribution in [3.63, 3.8) is 0 Å². The normalized spacial score (nSPS) is 15.3. The van der Waals surface area contributed by atoms with Gasteiger partial charge in [0.15, 0.2) is 0 Å². The Hall–Kier alpha value is -2.54. The van der Waals surface area contributed by atoms with Crippen molar-refractivity contribution >= 4 is 17.3 Å². The highest BCUT2D eigenvalue weighted by Crippen LogP contribution is 2.30. The fourth-order valence-electron chi connectivity index (χ4n) is 3.90. The lowest BCUT2D eigenvalue weighted by Crippen LogP contribution is -2.37. The Morgan fingerprint density at radius 2 is 1.68 bits per heavy atom. The Bertz CT molecular complexity index is 914.